The fourth-order valence-corrected chi connectivity index (χ4v) is 4.00. The normalized spacial score (nSPS) is 16.3. The van der Waals surface area contributed by atoms with Crippen molar-refractivity contribution >= 4 is 23.1 Å². The molecule has 1 unspecified atom stereocenters. The van der Waals surface area contributed by atoms with E-state index in [2.05, 4.69) is 27.0 Å². The Morgan fingerprint density at radius 3 is 3.00 bits per heavy atom. The van der Waals surface area contributed by atoms with E-state index in [9.17, 15) is 4.79 Å². The van der Waals surface area contributed by atoms with Crippen LogP contribution in [-0.4, -0.2) is 27.1 Å². The van der Waals surface area contributed by atoms with E-state index in [1.165, 1.54) is 5.69 Å². The Labute approximate surface area is 149 Å². The number of carbonyl (C=O) groups excluding carboxylic acids is 1. The van der Waals surface area contributed by atoms with Gasteiger partial charge in [0.1, 0.15) is 0 Å². The molecule has 7 heteroatoms. The lowest BCUT2D eigenvalue weighted by atomic mass is 9.96. The third-order valence-corrected chi connectivity index (χ3v) is 5.39. The second-order valence-electron chi connectivity index (χ2n) is 6.17. The maximum atomic E-state index is 12.5. The van der Waals surface area contributed by atoms with Gasteiger partial charge in [-0.25, -0.2) is 4.79 Å². The van der Waals surface area contributed by atoms with E-state index >= 15 is 0 Å². The maximum Gasteiger partial charge on any atom is 0.319 e. The van der Waals surface area contributed by atoms with Gasteiger partial charge in [0.2, 0.25) is 0 Å². The molecule has 2 N–H and O–H groups in total. The summed E-state index contributed by atoms with van der Waals surface area (Å²) in [5, 5.41) is 16.3. The Hall–Kier alpha value is -2.67. The predicted octanol–water partition coefficient (Wildman–Crippen LogP) is 3.22. The molecular formula is C18H19N5OS. The third-order valence-electron chi connectivity index (χ3n) is 4.49. The van der Waals surface area contributed by atoms with Crippen molar-refractivity contribution in [3.05, 3.63) is 53.2 Å². The molecule has 0 spiro atoms. The molecule has 2 heterocycles. The number of anilines is 1. The van der Waals surface area contributed by atoms with Gasteiger partial charge in [-0.05, 0) is 30.4 Å². The number of fused-ring (bicyclic) bond motifs is 1. The van der Waals surface area contributed by atoms with Gasteiger partial charge in [0, 0.05) is 30.0 Å². The average molecular weight is 353 g/mol. The fourth-order valence-electron chi connectivity index (χ4n) is 3.24. The Bertz CT molecular complexity index is 887. The molecule has 2 amide bonds. The number of aromatic nitrogens is 3. The molecule has 1 aliphatic carbocycles. The summed E-state index contributed by atoms with van der Waals surface area (Å²) in [6.07, 6.45) is 2.51. The smallest absolute Gasteiger partial charge is 0.319 e. The molecule has 0 bridgehead atoms. The van der Waals surface area contributed by atoms with Gasteiger partial charge in [0.15, 0.2) is 0 Å². The number of urea groups is 1. The lowest BCUT2D eigenvalue weighted by molar-refractivity contribution is 0.247. The molecule has 0 fully saturated rings. The third kappa shape index (κ3) is 3.28. The summed E-state index contributed by atoms with van der Waals surface area (Å²) < 4.78 is 1.82. The summed E-state index contributed by atoms with van der Waals surface area (Å²) >= 11 is 1.66. The van der Waals surface area contributed by atoms with Gasteiger partial charge in [-0.15, -0.1) is 16.4 Å². The quantitative estimate of drug-likeness (QED) is 0.759. The van der Waals surface area contributed by atoms with E-state index in [1.54, 1.807) is 11.3 Å². The van der Waals surface area contributed by atoms with Crippen LogP contribution in [0.4, 0.5) is 10.5 Å². The zero-order valence-corrected chi connectivity index (χ0v) is 14.7. The zero-order chi connectivity index (χ0) is 17.2. The number of nitrogens with one attached hydrogen (secondary N) is 2. The second-order valence-corrected chi connectivity index (χ2v) is 7.12. The molecule has 6 nitrogen and oxygen atoms in total. The van der Waals surface area contributed by atoms with Crippen molar-refractivity contribution in [1.29, 1.82) is 0 Å². The SMILES string of the molecule is Cn1nnc2c1CCC(NC(=O)Nc1ccccc1-c1cccs1)C2. The monoisotopic (exact) mass is 353 g/mol. The van der Waals surface area contributed by atoms with Crippen molar-refractivity contribution in [3.63, 3.8) is 0 Å². The van der Waals surface area contributed by atoms with Crippen molar-refractivity contribution in [2.75, 3.05) is 5.32 Å². The van der Waals surface area contributed by atoms with Gasteiger partial charge >= 0.3 is 6.03 Å². The highest BCUT2D eigenvalue weighted by Crippen LogP contribution is 2.31. The predicted molar refractivity (Wildman–Crippen MR) is 98.7 cm³/mol. The van der Waals surface area contributed by atoms with Crippen LogP contribution in [0.2, 0.25) is 0 Å². The molecule has 0 radical (unpaired) electrons. The minimum atomic E-state index is -0.179. The van der Waals surface area contributed by atoms with Gasteiger partial charge in [0.05, 0.1) is 17.1 Å². The number of amides is 2. The summed E-state index contributed by atoms with van der Waals surface area (Å²) in [4.78, 5) is 13.6. The minimum Gasteiger partial charge on any atom is -0.335 e. The molecule has 0 aliphatic heterocycles. The lowest BCUT2D eigenvalue weighted by Gasteiger charge is -2.23. The highest BCUT2D eigenvalue weighted by molar-refractivity contribution is 7.13. The van der Waals surface area contributed by atoms with Crippen LogP contribution >= 0.6 is 11.3 Å². The molecule has 25 heavy (non-hydrogen) atoms. The highest BCUT2D eigenvalue weighted by Gasteiger charge is 2.24. The minimum absolute atomic E-state index is 0.0816. The van der Waals surface area contributed by atoms with E-state index in [4.69, 9.17) is 0 Å². The number of thiophene rings is 1. The number of carbonyl (C=O) groups is 1. The molecular weight excluding hydrogens is 334 g/mol. The number of aryl methyl sites for hydroxylation is 1. The molecule has 0 saturated heterocycles. The zero-order valence-electron chi connectivity index (χ0n) is 13.9. The molecule has 128 valence electrons. The van der Waals surface area contributed by atoms with Crippen LogP contribution < -0.4 is 10.6 Å². The summed E-state index contributed by atoms with van der Waals surface area (Å²) in [6.45, 7) is 0. The van der Waals surface area contributed by atoms with Crippen LogP contribution in [0.25, 0.3) is 10.4 Å². The number of hydrogen-bond donors (Lipinski definition) is 2. The van der Waals surface area contributed by atoms with Crippen molar-refractivity contribution < 1.29 is 4.79 Å². The van der Waals surface area contributed by atoms with Crippen LogP contribution in [-0.2, 0) is 19.9 Å². The van der Waals surface area contributed by atoms with Gasteiger partial charge in [-0.3, -0.25) is 4.68 Å². The molecule has 1 aliphatic rings. The van der Waals surface area contributed by atoms with Crippen molar-refractivity contribution in [2.45, 2.75) is 25.3 Å². The topological polar surface area (TPSA) is 71.8 Å². The van der Waals surface area contributed by atoms with Gasteiger partial charge in [-0.2, -0.15) is 0 Å². The first-order chi connectivity index (χ1) is 12.2. The second kappa shape index (κ2) is 6.68. The summed E-state index contributed by atoms with van der Waals surface area (Å²) in [7, 11) is 1.91. The Balaban J connectivity index is 1.44. The van der Waals surface area contributed by atoms with Crippen LogP contribution in [0.3, 0.4) is 0 Å². The van der Waals surface area contributed by atoms with Crippen LogP contribution in [0.1, 0.15) is 17.8 Å². The number of hydrogen-bond acceptors (Lipinski definition) is 4. The molecule has 0 saturated carbocycles. The molecule has 1 aromatic carbocycles. The van der Waals surface area contributed by atoms with Crippen molar-refractivity contribution in [2.24, 2.45) is 7.05 Å². The number of nitrogens with zero attached hydrogens (tertiary/aromatic N) is 3. The molecule has 2 aromatic heterocycles. The lowest BCUT2D eigenvalue weighted by Crippen LogP contribution is -2.41. The Morgan fingerprint density at radius 2 is 2.16 bits per heavy atom. The molecule has 3 aromatic rings. The van der Waals surface area contributed by atoms with E-state index in [-0.39, 0.29) is 12.1 Å². The van der Waals surface area contributed by atoms with E-state index in [0.29, 0.717) is 0 Å². The van der Waals surface area contributed by atoms with Gasteiger partial charge in [-0.1, -0.05) is 29.5 Å². The standard InChI is InChI=1S/C18H19N5OS/c1-23-16-9-8-12(11-15(16)21-22-23)19-18(24)20-14-6-3-2-5-13(14)17-7-4-10-25-17/h2-7,10,12H,8-9,11H2,1H3,(H2,19,20,24). The van der Waals surface area contributed by atoms with Crippen LogP contribution in [0, 0.1) is 0 Å². The first-order valence-electron chi connectivity index (χ1n) is 8.28. The highest BCUT2D eigenvalue weighted by atomic mass is 32.1. The van der Waals surface area contributed by atoms with Crippen molar-refractivity contribution in [1.82, 2.24) is 20.3 Å². The molecule has 4 rings (SSSR count). The van der Waals surface area contributed by atoms with E-state index in [0.717, 1.165) is 41.1 Å². The Kier molecular flexibility index (Phi) is 4.23. The largest absolute Gasteiger partial charge is 0.335 e. The fraction of sp³-hybridized carbons (Fsp3) is 0.278. The van der Waals surface area contributed by atoms with Crippen molar-refractivity contribution in [3.8, 4) is 10.4 Å². The van der Waals surface area contributed by atoms with Gasteiger partial charge in [0.25, 0.3) is 0 Å². The molecule has 1 atom stereocenters. The number of benzene rings is 1. The Morgan fingerprint density at radius 1 is 1.28 bits per heavy atom. The summed E-state index contributed by atoms with van der Waals surface area (Å²) in [5.41, 5.74) is 4.01. The van der Waals surface area contributed by atoms with Crippen LogP contribution in [0.15, 0.2) is 41.8 Å². The summed E-state index contributed by atoms with van der Waals surface area (Å²) in [6, 6.07) is 11.8. The van der Waals surface area contributed by atoms with Crippen LogP contribution in [0.5, 0.6) is 0 Å². The first kappa shape index (κ1) is 15.8. The van der Waals surface area contributed by atoms with Gasteiger partial charge < -0.3 is 10.6 Å². The van der Waals surface area contributed by atoms with E-state index < -0.39 is 0 Å². The average Bonchev–Trinajstić information content (AvgIpc) is 3.26. The maximum absolute atomic E-state index is 12.5. The summed E-state index contributed by atoms with van der Waals surface area (Å²) in [5.74, 6) is 0. The van der Waals surface area contributed by atoms with E-state index in [1.807, 2.05) is 47.4 Å². The first-order valence-corrected chi connectivity index (χ1v) is 9.16. The number of para-hydroxylation sites is 1. The number of rotatable bonds is 3.